The summed E-state index contributed by atoms with van der Waals surface area (Å²) in [7, 11) is 0. The first-order chi connectivity index (χ1) is 22.8. The summed E-state index contributed by atoms with van der Waals surface area (Å²) in [6.07, 6.45) is 0. The van der Waals surface area contributed by atoms with Gasteiger partial charge in [0.2, 0.25) is 0 Å². The van der Waals surface area contributed by atoms with Gasteiger partial charge in [-0.1, -0.05) is 127 Å². The van der Waals surface area contributed by atoms with Crippen LogP contribution in [0.3, 0.4) is 0 Å². The van der Waals surface area contributed by atoms with E-state index in [0.29, 0.717) is 0 Å². The quantitative estimate of drug-likeness (QED) is 0.199. The Morgan fingerprint density at radius 2 is 0.935 bits per heavy atom. The third-order valence-electron chi connectivity index (χ3n) is 9.00. The summed E-state index contributed by atoms with van der Waals surface area (Å²) < 4.78 is 6.41. The van der Waals surface area contributed by atoms with Gasteiger partial charge in [0.25, 0.3) is 0 Å². The van der Waals surface area contributed by atoms with Gasteiger partial charge in [-0.3, -0.25) is 0 Å². The van der Waals surface area contributed by atoms with Crippen LogP contribution in [0.25, 0.3) is 65.7 Å². The highest BCUT2D eigenvalue weighted by Crippen LogP contribution is 2.44. The number of benzene rings is 8. The maximum absolute atomic E-state index is 6.41. The molecule has 1 heterocycles. The van der Waals surface area contributed by atoms with E-state index in [1.807, 2.05) is 0 Å². The summed E-state index contributed by atoms with van der Waals surface area (Å²) in [4.78, 5) is 2.41. The van der Waals surface area contributed by atoms with E-state index in [4.69, 9.17) is 4.42 Å². The summed E-state index contributed by atoms with van der Waals surface area (Å²) in [5.41, 5.74) is 9.78. The van der Waals surface area contributed by atoms with Gasteiger partial charge in [-0.2, -0.15) is 0 Å². The minimum absolute atomic E-state index is 0.885. The molecule has 0 N–H and O–H groups in total. The summed E-state index contributed by atoms with van der Waals surface area (Å²) in [6.45, 7) is 0. The van der Waals surface area contributed by atoms with Crippen LogP contribution < -0.4 is 4.90 Å². The fourth-order valence-electron chi connectivity index (χ4n) is 6.84. The average molecular weight is 588 g/mol. The third kappa shape index (κ3) is 4.43. The SMILES string of the molecule is c1ccc(-c2cc(-c3ccccc3)cc(N(c3ccc4oc5ccc6ccccc6c5c4c3)c3cccc4ccccc34)c2)cc1. The zero-order valence-electron chi connectivity index (χ0n) is 25.1. The minimum Gasteiger partial charge on any atom is -0.456 e. The van der Waals surface area contributed by atoms with Crippen LogP contribution in [-0.4, -0.2) is 0 Å². The van der Waals surface area contributed by atoms with Crippen LogP contribution in [0.1, 0.15) is 0 Å². The highest BCUT2D eigenvalue weighted by molar-refractivity contribution is 6.19. The number of hydrogen-bond acceptors (Lipinski definition) is 2. The Morgan fingerprint density at radius 3 is 1.65 bits per heavy atom. The number of fused-ring (bicyclic) bond motifs is 6. The molecule has 46 heavy (non-hydrogen) atoms. The summed E-state index contributed by atoms with van der Waals surface area (Å²) >= 11 is 0. The van der Waals surface area contributed by atoms with Crippen LogP contribution in [0, 0.1) is 0 Å². The Balaban J connectivity index is 1.35. The lowest BCUT2D eigenvalue weighted by Gasteiger charge is -2.28. The number of furan rings is 1. The second-order valence-corrected chi connectivity index (χ2v) is 11.8. The highest BCUT2D eigenvalue weighted by atomic mass is 16.3. The van der Waals surface area contributed by atoms with Crippen molar-refractivity contribution in [1.29, 1.82) is 0 Å². The van der Waals surface area contributed by atoms with Gasteiger partial charge in [0.1, 0.15) is 11.2 Å². The van der Waals surface area contributed by atoms with Crippen molar-refractivity contribution in [2.24, 2.45) is 0 Å². The molecule has 9 aromatic rings. The van der Waals surface area contributed by atoms with E-state index in [1.54, 1.807) is 0 Å². The summed E-state index contributed by atoms with van der Waals surface area (Å²) in [6, 6.07) is 62.8. The highest BCUT2D eigenvalue weighted by Gasteiger charge is 2.20. The molecule has 9 rings (SSSR count). The molecule has 0 aliphatic rings. The van der Waals surface area contributed by atoms with Gasteiger partial charge in [-0.15, -0.1) is 0 Å². The lowest BCUT2D eigenvalue weighted by atomic mass is 9.97. The smallest absolute Gasteiger partial charge is 0.136 e. The fourth-order valence-corrected chi connectivity index (χ4v) is 6.84. The molecule has 0 saturated carbocycles. The average Bonchev–Trinajstić information content (AvgIpc) is 3.51. The van der Waals surface area contributed by atoms with Gasteiger partial charge in [-0.25, -0.2) is 0 Å². The second-order valence-electron chi connectivity index (χ2n) is 11.8. The molecule has 0 bridgehead atoms. The van der Waals surface area contributed by atoms with Gasteiger partial charge >= 0.3 is 0 Å². The number of rotatable bonds is 5. The van der Waals surface area contributed by atoms with E-state index in [2.05, 4.69) is 181 Å². The fraction of sp³-hybridized carbons (Fsp3) is 0. The predicted octanol–water partition coefficient (Wildman–Crippen LogP) is 12.7. The molecule has 0 radical (unpaired) electrons. The molecule has 0 saturated heterocycles. The van der Waals surface area contributed by atoms with E-state index in [-0.39, 0.29) is 0 Å². The van der Waals surface area contributed by atoms with Gasteiger partial charge in [0.15, 0.2) is 0 Å². The molecule has 0 fully saturated rings. The zero-order valence-corrected chi connectivity index (χ0v) is 25.1. The Morgan fingerprint density at radius 1 is 0.348 bits per heavy atom. The van der Waals surface area contributed by atoms with E-state index in [1.165, 1.54) is 43.8 Å². The monoisotopic (exact) mass is 587 g/mol. The standard InChI is InChI=1S/C44H29NO/c1-3-12-30(13-4-1)34-26-35(31-14-5-2-6-15-31)28-37(27-34)45(41-21-11-18-32-16-7-9-19-38(32)41)36-23-25-42-40(29-36)44-39-20-10-8-17-33(39)22-24-43(44)46-42/h1-29H. The van der Waals surface area contributed by atoms with E-state index in [9.17, 15) is 0 Å². The zero-order chi connectivity index (χ0) is 30.5. The van der Waals surface area contributed by atoms with E-state index >= 15 is 0 Å². The maximum Gasteiger partial charge on any atom is 0.136 e. The Kier molecular flexibility index (Phi) is 6.17. The van der Waals surface area contributed by atoms with E-state index < -0.39 is 0 Å². The second kappa shape index (κ2) is 10.8. The van der Waals surface area contributed by atoms with Crippen LogP contribution in [0.5, 0.6) is 0 Å². The number of anilines is 3. The van der Waals surface area contributed by atoms with Crippen LogP contribution in [0.4, 0.5) is 17.1 Å². The van der Waals surface area contributed by atoms with Crippen molar-refractivity contribution in [3.8, 4) is 22.3 Å². The van der Waals surface area contributed by atoms with Crippen molar-refractivity contribution < 1.29 is 4.42 Å². The molecule has 0 spiro atoms. The first kappa shape index (κ1) is 26.3. The van der Waals surface area contributed by atoms with Crippen LogP contribution in [0.2, 0.25) is 0 Å². The van der Waals surface area contributed by atoms with Crippen LogP contribution in [0.15, 0.2) is 180 Å². The van der Waals surface area contributed by atoms with Crippen molar-refractivity contribution in [3.63, 3.8) is 0 Å². The van der Waals surface area contributed by atoms with Gasteiger partial charge < -0.3 is 9.32 Å². The predicted molar refractivity (Wildman–Crippen MR) is 194 cm³/mol. The first-order valence-corrected chi connectivity index (χ1v) is 15.7. The lowest BCUT2D eigenvalue weighted by Crippen LogP contribution is -2.11. The van der Waals surface area contributed by atoms with Gasteiger partial charge in [0, 0.05) is 27.5 Å². The first-order valence-electron chi connectivity index (χ1n) is 15.7. The molecule has 0 aliphatic heterocycles. The van der Waals surface area contributed by atoms with Gasteiger partial charge in [0.05, 0.1) is 5.69 Å². The molecule has 8 aromatic carbocycles. The van der Waals surface area contributed by atoms with Gasteiger partial charge in [-0.05, 0) is 86.9 Å². The Hall–Kier alpha value is -6.12. The molecule has 0 amide bonds. The molecule has 0 aliphatic carbocycles. The maximum atomic E-state index is 6.41. The van der Waals surface area contributed by atoms with Crippen molar-refractivity contribution in [1.82, 2.24) is 0 Å². The topological polar surface area (TPSA) is 16.4 Å². The van der Waals surface area contributed by atoms with E-state index in [0.717, 1.165) is 39.0 Å². The molecular weight excluding hydrogens is 558 g/mol. The molecule has 2 heteroatoms. The van der Waals surface area contributed by atoms with Crippen molar-refractivity contribution in [2.45, 2.75) is 0 Å². The van der Waals surface area contributed by atoms with Crippen molar-refractivity contribution in [3.05, 3.63) is 176 Å². The molecular formula is C44H29NO. The van der Waals surface area contributed by atoms with Crippen molar-refractivity contribution >= 4 is 60.5 Å². The normalized spacial score (nSPS) is 11.5. The molecule has 2 nitrogen and oxygen atoms in total. The minimum atomic E-state index is 0.885. The van der Waals surface area contributed by atoms with Crippen molar-refractivity contribution in [2.75, 3.05) is 4.90 Å². The summed E-state index contributed by atoms with van der Waals surface area (Å²) in [5, 5.41) is 7.06. The van der Waals surface area contributed by atoms with Crippen LogP contribution >= 0.6 is 0 Å². The summed E-state index contributed by atoms with van der Waals surface area (Å²) in [5.74, 6) is 0. The molecule has 1 aromatic heterocycles. The Labute approximate surface area is 267 Å². The largest absolute Gasteiger partial charge is 0.456 e. The molecule has 216 valence electrons. The number of hydrogen-bond donors (Lipinski definition) is 0. The lowest BCUT2D eigenvalue weighted by molar-refractivity contribution is 0.669. The van der Waals surface area contributed by atoms with Crippen LogP contribution in [-0.2, 0) is 0 Å². The third-order valence-corrected chi connectivity index (χ3v) is 9.00. The molecule has 0 unspecified atom stereocenters. The molecule has 0 atom stereocenters. The Bertz CT molecular complexity index is 2470. The number of nitrogens with zero attached hydrogens (tertiary/aromatic N) is 1.